The summed E-state index contributed by atoms with van der Waals surface area (Å²) >= 11 is 0. The molecule has 2 aliphatic heterocycles. The highest BCUT2D eigenvalue weighted by Gasteiger charge is 2.43. The fourth-order valence-corrected chi connectivity index (χ4v) is 10.6. The van der Waals surface area contributed by atoms with Crippen molar-refractivity contribution in [2.45, 2.75) is 52.7 Å². The lowest BCUT2D eigenvalue weighted by Gasteiger charge is -2.32. The van der Waals surface area contributed by atoms with Crippen LogP contribution in [0.3, 0.4) is 0 Å². The Hall–Kier alpha value is -11.9. The van der Waals surface area contributed by atoms with E-state index in [0.717, 1.165) is 9.80 Å². The van der Waals surface area contributed by atoms with E-state index < -0.39 is 59.9 Å². The minimum atomic E-state index is -1.00. The molecule has 0 saturated heterocycles. The van der Waals surface area contributed by atoms with Gasteiger partial charge in [0.05, 0.1) is 22.3 Å². The second-order valence-electron chi connectivity index (χ2n) is 22.5. The normalized spacial score (nSPS) is 12.7. The fourth-order valence-electron chi connectivity index (χ4n) is 10.6. The molecule has 9 aromatic carbocycles. The topological polar surface area (TPSA) is 201 Å². The maximum absolute atomic E-state index is 15.5. The van der Waals surface area contributed by atoms with E-state index in [1.807, 2.05) is 0 Å². The molecule has 18 heteroatoms. The lowest BCUT2D eigenvalue weighted by molar-refractivity contribution is -0.156. The largest absolute Gasteiger partial charge is 0.481 e. The summed E-state index contributed by atoms with van der Waals surface area (Å²) in [4.78, 5) is 90.9. The summed E-state index contributed by atoms with van der Waals surface area (Å²) in [5, 5.41) is 1.17. The molecule has 0 N–H and O–H groups in total. The fraction of sp³-hybridized carbons (Fsp3) is 0.194. The van der Waals surface area contributed by atoms with Crippen molar-refractivity contribution < 1.29 is 76.1 Å². The maximum atomic E-state index is 15.5. The van der Waals surface area contributed by atoms with E-state index in [1.54, 1.807) is 139 Å². The molecule has 9 aromatic rings. The number of fused-ring (bicyclic) bond motifs is 2. The zero-order chi connectivity index (χ0) is 63.8. The van der Waals surface area contributed by atoms with Crippen molar-refractivity contribution in [1.29, 1.82) is 0 Å². The number of esters is 2. The van der Waals surface area contributed by atoms with Gasteiger partial charge in [-0.05, 0) is 163 Å². The Kier molecular flexibility index (Phi) is 16.0. The third-order valence-electron chi connectivity index (χ3n) is 14.0. The molecule has 90 heavy (non-hydrogen) atoms. The first kappa shape index (κ1) is 59.9. The summed E-state index contributed by atoms with van der Waals surface area (Å²) in [6.07, 6.45) is 22.1. The van der Waals surface area contributed by atoms with Gasteiger partial charge in [0.25, 0.3) is 23.6 Å². The second kappa shape index (κ2) is 24.1. The smallest absolute Gasteiger partial charge is 0.326 e. The molecule has 2 heterocycles. The Morgan fingerprint density at radius 2 is 0.556 bits per heavy atom. The molecule has 4 amide bonds. The number of hydrogen-bond donors (Lipinski definition) is 0. The van der Waals surface area contributed by atoms with Crippen molar-refractivity contribution in [3.05, 3.63) is 144 Å². The van der Waals surface area contributed by atoms with Crippen molar-refractivity contribution in [3.8, 4) is 118 Å². The predicted octanol–water partition coefficient (Wildman–Crippen LogP) is 12.8. The van der Waals surface area contributed by atoms with E-state index in [9.17, 15) is 9.59 Å². The molecule has 0 fully saturated rings. The quantitative estimate of drug-likeness (QED) is 0.0229. The number of benzene rings is 9. The Bertz CT molecular complexity index is 4050. The van der Waals surface area contributed by atoms with Gasteiger partial charge in [-0.3, -0.25) is 38.6 Å². The van der Waals surface area contributed by atoms with Crippen LogP contribution in [-0.4, -0.2) is 96.1 Å². The third-order valence-corrected chi connectivity index (χ3v) is 14.0. The Morgan fingerprint density at radius 3 is 0.756 bits per heavy atom. The highest BCUT2D eigenvalue weighted by Crippen LogP contribution is 2.58. The maximum Gasteiger partial charge on any atom is 0.326 e. The van der Waals surface area contributed by atoms with Crippen molar-refractivity contribution in [1.82, 2.24) is 9.80 Å². The zero-order valence-electron chi connectivity index (χ0n) is 49.5. The standard InChI is InChI=1S/C72H54N2O16/c1-11-31-81-41-15-23-45(24-16-41)85-53-35-49-59-50(68(78)73(67(49)77)39-57(75)89-71(5,6)7)37-55(87-47-27-19-43(20-28-47)83-33-13-3)63-64-56(88-48-29-21-44(22-30-48)84-34-14-4)38-52-60-51(69(79)74(70(52)80)40-58(76)90-72(8,9)10)36-54(62(66(60)64)61(53)65(59)63)86-46-25-17-42(18-26-46)82-32-12-2/h1-4,15-30,35-38H,31-34,39-40H2,5-10H3. The van der Waals surface area contributed by atoms with Gasteiger partial charge in [0, 0.05) is 43.1 Å². The summed E-state index contributed by atoms with van der Waals surface area (Å²) in [6, 6.07) is 31.6. The number of terminal acetylenes is 4. The van der Waals surface area contributed by atoms with Gasteiger partial charge in [-0.25, -0.2) is 0 Å². The van der Waals surface area contributed by atoms with Crippen LogP contribution in [-0.2, 0) is 19.1 Å². The number of rotatable bonds is 20. The number of imide groups is 2. The van der Waals surface area contributed by atoms with Crippen LogP contribution in [0.1, 0.15) is 83.0 Å². The summed E-state index contributed by atoms with van der Waals surface area (Å²) in [5.41, 5.74) is -2.37. The molecular formula is C72H54N2O16. The molecular weight excluding hydrogens is 1150 g/mol. The highest BCUT2D eigenvalue weighted by atomic mass is 16.6. The highest BCUT2D eigenvalue weighted by molar-refractivity contribution is 6.45. The van der Waals surface area contributed by atoms with Crippen LogP contribution >= 0.6 is 0 Å². The molecule has 0 unspecified atom stereocenters. The van der Waals surface area contributed by atoms with Gasteiger partial charge >= 0.3 is 11.9 Å². The van der Waals surface area contributed by atoms with E-state index in [2.05, 4.69) is 23.7 Å². The molecule has 18 nitrogen and oxygen atoms in total. The summed E-state index contributed by atoms with van der Waals surface area (Å²) in [5.74, 6) is 6.78. The number of nitrogens with zero attached hydrogens (tertiary/aromatic N) is 2. The molecule has 0 saturated carbocycles. The number of ether oxygens (including phenoxy) is 10. The van der Waals surface area contributed by atoms with Gasteiger partial charge in [-0.1, -0.05) is 23.7 Å². The minimum Gasteiger partial charge on any atom is -0.481 e. The number of amides is 4. The van der Waals surface area contributed by atoms with Crippen LogP contribution in [0.25, 0.3) is 43.1 Å². The van der Waals surface area contributed by atoms with Gasteiger partial charge in [-0.15, -0.1) is 25.7 Å². The van der Waals surface area contributed by atoms with E-state index in [4.69, 9.17) is 73.1 Å². The first-order valence-electron chi connectivity index (χ1n) is 28.0. The SMILES string of the molecule is C#CCOc1ccc(Oc2cc3c4c(cc(Oc5ccc(OCC#C)cc5)c5c6c(Oc7ccc(OCC#C)cc7)cc7c8c(cc(Oc9ccc(OCC#C)cc9)c(c2c45)c86)C(=O)N(CC(=O)OC(C)(C)C)C7=O)C(=O)N(CC(=O)OC(C)(C)C)C3=O)cc1. The van der Waals surface area contributed by atoms with Crippen molar-refractivity contribution in [2.75, 3.05) is 39.5 Å². The van der Waals surface area contributed by atoms with Gasteiger partial charge < -0.3 is 47.4 Å². The van der Waals surface area contributed by atoms with E-state index in [-0.39, 0.29) is 138 Å². The van der Waals surface area contributed by atoms with Crippen molar-refractivity contribution in [3.63, 3.8) is 0 Å². The van der Waals surface area contributed by atoms with Crippen LogP contribution in [0, 0.1) is 49.4 Å². The van der Waals surface area contributed by atoms with Gasteiger partial charge in [0.1, 0.15) is 120 Å². The van der Waals surface area contributed by atoms with E-state index in [1.165, 1.54) is 24.3 Å². The number of hydrogen-bond acceptors (Lipinski definition) is 16. The summed E-state index contributed by atoms with van der Waals surface area (Å²) in [6.45, 7) is 8.22. The molecule has 0 bridgehead atoms. The van der Waals surface area contributed by atoms with Crippen LogP contribution in [0.5, 0.6) is 69.0 Å². The average molecular weight is 1200 g/mol. The third kappa shape index (κ3) is 11.9. The lowest BCUT2D eigenvalue weighted by atomic mass is 9.80. The zero-order valence-corrected chi connectivity index (χ0v) is 49.5. The predicted molar refractivity (Wildman–Crippen MR) is 333 cm³/mol. The van der Waals surface area contributed by atoms with E-state index >= 15 is 19.2 Å². The first-order chi connectivity index (χ1) is 43.1. The summed E-state index contributed by atoms with van der Waals surface area (Å²) < 4.78 is 62.1. The second-order valence-corrected chi connectivity index (χ2v) is 22.5. The molecule has 0 atom stereocenters. The Balaban J connectivity index is 1.31. The molecule has 448 valence electrons. The van der Waals surface area contributed by atoms with Gasteiger partial charge in [0.15, 0.2) is 0 Å². The van der Waals surface area contributed by atoms with E-state index in [0.29, 0.717) is 23.0 Å². The molecule has 0 spiro atoms. The number of carbonyl (C=O) groups excluding carboxylic acids is 6. The average Bonchev–Trinajstić information content (AvgIpc) is 0.679. The monoisotopic (exact) mass is 1200 g/mol. The first-order valence-corrected chi connectivity index (χ1v) is 28.0. The van der Waals surface area contributed by atoms with Crippen LogP contribution in [0.2, 0.25) is 0 Å². The Morgan fingerprint density at radius 1 is 0.344 bits per heavy atom. The molecule has 0 aliphatic carbocycles. The molecule has 0 radical (unpaired) electrons. The van der Waals surface area contributed by atoms with Gasteiger partial charge in [0.2, 0.25) is 0 Å². The molecule has 11 rings (SSSR count). The number of carbonyl (C=O) groups is 6. The van der Waals surface area contributed by atoms with Crippen LogP contribution < -0.4 is 37.9 Å². The minimum absolute atomic E-state index is 0.0310. The summed E-state index contributed by atoms with van der Waals surface area (Å²) in [7, 11) is 0. The Labute approximate surface area is 516 Å². The van der Waals surface area contributed by atoms with Crippen molar-refractivity contribution >= 4 is 78.7 Å². The van der Waals surface area contributed by atoms with Crippen LogP contribution in [0.15, 0.2) is 121 Å². The van der Waals surface area contributed by atoms with Gasteiger partial charge in [-0.2, -0.15) is 0 Å². The lowest BCUT2D eigenvalue weighted by Crippen LogP contribution is -2.45. The molecule has 0 aromatic heterocycles. The molecule has 2 aliphatic rings. The van der Waals surface area contributed by atoms with Crippen LogP contribution in [0.4, 0.5) is 0 Å². The van der Waals surface area contributed by atoms with Crippen molar-refractivity contribution in [2.24, 2.45) is 0 Å².